The fourth-order valence-electron chi connectivity index (χ4n) is 3.65. The summed E-state index contributed by atoms with van der Waals surface area (Å²) in [6.45, 7) is 3.21. The van der Waals surface area contributed by atoms with Crippen molar-refractivity contribution in [2.45, 2.75) is 25.4 Å². The number of aliphatic hydroxyl groups excluding tert-OH is 1. The second-order valence-electron chi connectivity index (χ2n) is 6.97. The van der Waals surface area contributed by atoms with Crippen LogP contribution in [0.4, 0.5) is 5.69 Å². The maximum Gasteiger partial charge on any atom is 0.162 e. The standard InChI is InChI=1S/C22H30N2O4/c1-26-21-10-9-18(14-22(21)27-2)23-19-7-5-11-24(16-19)15-17-6-3-4-8-20(17)28-13-12-25/h3-4,6,8-10,14,19,23,25H,5,7,11-13,15-16H2,1-2H3. The van der Waals surface area contributed by atoms with Gasteiger partial charge in [0.15, 0.2) is 11.5 Å². The molecule has 0 bridgehead atoms. The summed E-state index contributed by atoms with van der Waals surface area (Å²) in [4.78, 5) is 2.45. The lowest BCUT2D eigenvalue weighted by atomic mass is 10.0. The van der Waals surface area contributed by atoms with Crippen molar-refractivity contribution in [2.24, 2.45) is 0 Å². The number of nitrogens with one attached hydrogen (secondary N) is 1. The first kappa shape index (κ1) is 20.3. The number of anilines is 1. The number of hydrogen-bond donors (Lipinski definition) is 2. The predicted molar refractivity (Wildman–Crippen MR) is 110 cm³/mol. The Bertz CT molecular complexity index is 753. The highest BCUT2D eigenvalue weighted by molar-refractivity contribution is 5.55. The maximum atomic E-state index is 9.02. The van der Waals surface area contributed by atoms with E-state index in [1.54, 1.807) is 14.2 Å². The molecule has 152 valence electrons. The number of hydrogen-bond acceptors (Lipinski definition) is 6. The molecular weight excluding hydrogens is 356 g/mol. The van der Waals surface area contributed by atoms with Gasteiger partial charge in [0.25, 0.3) is 0 Å². The van der Waals surface area contributed by atoms with Crippen LogP contribution in [-0.4, -0.2) is 56.6 Å². The van der Waals surface area contributed by atoms with Gasteiger partial charge in [-0.1, -0.05) is 18.2 Å². The van der Waals surface area contributed by atoms with Gasteiger partial charge in [-0.05, 0) is 37.6 Å². The third-order valence-electron chi connectivity index (χ3n) is 4.98. The van der Waals surface area contributed by atoms with Crippen molar-refractivity contribution in [1.29, 1.82) is 0 Å². The molecule has 1 atom stereocenters. The molecule has 28 heavy (non-hydrogen) atoms. The molecular formula is C22H30N2O4. The van der Waals surface area contributed by atoms with Crippen molar-refractivity contribution >= 4 is 5.69 Å². The highest BCUT2D eigenvalue weighted by Gasteiger charge is 2.21. The molecule has 0 aromatic heterocycles. The van der Waals surface area contributed by atoms with E-state index < -0.39 is 0 Å². The van der Waals surface area contributed by atoms with Gasteiger partial charge in [0.2, 0.25) is 0 Å². The van der Waals surface area contributed by atoms with E-state index in [2.05, 4.69) is 16.3 Å². The Labute approximate surface area is 167 Å². The van der Waals surface area contributed by atoms with E-state index in [0.717, 1.165) is 61.0 Å². The fourth-order valence-corrected chi connectivity index (χ4v) is 3.65. The van der Waals surface area contributed by atoms with E-state index in [0.29, 0.717) is 12.6 Å². The largest absolute Gasteiger partial charge is 0.493 e. The quantitative estimate of drug-likeness (QED) is 0.690. The van der Waals surface area contributed by atoms with Gasteiger partial charge in [-0.3, -0.25) is 4.90 Å². The summed E-state index contributed by atoms with van der Waals surface area (Å²) in [5.74, 6) is 2.32. The maximum absolute atomic E-state index is 9.02. The normalized spacial score (nSPS) is 17.2. The highest BCUT2D eigenvalue weighted by Crippen LogP contribution is 2.31. The van der Waals surface area contributed by atoms with Gasteiger partial charge in [-0.25, -0.2) is 0 Å². The van der Waals surface area contributed by atoms with E-state index >= 15 is 0 Å². The Morgan fingerprint density at radius 1 is 1.07 bits per heavy atom. The monoisotopic (exact) mass is 386 g/mol. The number of para-hydroxylation sites is 1. The summed E-state index contributed by atoms with van der Waals surface area (Å²) >= 11 is 0. The second-order valence-corrected chi connectivity index (χ2v) is 6.97. The van der Waals surface area contributed by atoms with E-state index in [9.17, 15) is 0 Å². The molecule has 1 aliphatic rings. The Hall–Kier alpha value is -2.44. The van der Waals surface area contributed by atoms with Gasteiger partial charge in [-0.15, -0.1) is 0 Å². The zero-order valence-electron chi connectivity index (χ0n) is 16.7. The number of nitrogens with zero attached hydrogens (tertiary/aromatic N) is 1. The van der Waals surface area contributed by atoms with E-state index in [1.165, 1.54) is 0 Å². The zero-order chi connectivity index (χ0) is 19.8. The molecule has 0 radical (unpaired) electrons. The Morgan fingerprint density at radius 3 is 2.68 bits per heavy atom. The molecule has 0 spiro atoms. The number of methoxy groups -OCH3 is 2. The number of benzene rings is 2. The Kier molecular flexibility index (Phi) is 7.39. The van der Waals surface area contributed by atoms with Crippen LogP contribution in [0.15, 0.2) is 42.5 Å². The lowest BCUT2D eigenvalue weighted by Gasteiger charge is -2.34. The summed E-state index contributed by atoms with van der Waals surface area (Å²) in [6.07, 6.45) is 2.28. The molecule has 1 fully saturated rings. The highest BCUT2D eigenvalue weighted by atomic mass is 16.5. The number of piperidine rings is 1. The molecule has 2 N–H and O–H groups in total. The van der Waals surface area contributed by atoms with E-state index in [4.69, 9.17) is 19.3 Å². The number of aliphatic hydroxyl groups is 1. The number of rotatable bonds is 9. The van der Waals surface area contributed by atoms with Crippen molar-refractivity contribution in [3.8, 4) is 17.2 Å². The first-order valence-corrected chi connectivity index (χ1v) is 9.76. The van der Waals surface area contributed by atoms with Crippen LogP contribution in [0.5, 0.6) is 17.2 Å². The third kappa shape index (κ3) is 5.30. The van der Waals surface area contributed by atoms with Crippen LogP contribution in [0.1, 0.15) is 18.4 Å². The Morgan fingerprint density at radius 2 is 1.89 bits per heavy atom. The molecule has 1 heterocycles. The molecule has 0 aliphatic carbocycles. The van der Waals surface area contributed by atoms with Crippen molar-refractivity contribution in [3.63, 3.8) is 0 Å². The fraction of sp³-hybridized carbons (Fsp3) is 0.455. The van der Waals surface area contributed by atoms with E-state index in [-0.39, 0.29) is 6.61 Å². The van der Waals surface area contributed by atoms with Crippen LogP contribution >= 0.6 is 0 Å². The minimum atomic E-state index is 0.0232. The SMILES string of the molecule is COc1ccc(NC2CCCN(Cc3ccccc3OCCO)C2)cc1OC. The minimum absolute atomic E-state index is 0.0232. The van der Waals surface area contributed by atoms with Gasteiger partial charge < -0.3 is 24.6 Å². The lowest BCUT2D eigenvalue weighted by Crippen LogP contribution is -2.41. The Balaban J connectivity index is 1.62. The van der Waals surface area contributed by atoms with Crippen molar-refractivity contribution in [2.75, 3.05) is 45.8 Å². The minimum Gasteiger partial charge on any atom is -0.493 e. The van der Waals surface area contributed by atoms with Crippen molar-refractivity contribution < 1.29 is 19.3 Å². The van der Waals surface area contributed by atoms with Gasteiger partial charge in [0, 0.05) is 36.4 Å². The summed E-state index contributed by atoms with van der Waals surface area (Å²) in [6, 6.07) is 14.4. The van der Waals surface area contributed by atoms with Crippen LogP contribution in [-0.2, 0) is 6.54 Å². The number of ether oxygens (including phenoxy) is 3. The summed E-state index contributed by atoms with van der Waals surface area (Å²) in [7, 11) is 3.30. The summed E-state index contributed by atoms with van der Waals surface area (Å²) in [5.41, 5.74) is 2.19. The molecule has 1 saturated heterocycles. The van der Waals surface area contributed by atoms with Gasteiger partial charge >= 0.3 is 0 Å². The van der Waals surface area contributed by atoms with Gasteiger partial charge in [0.1, 0.15) is 12.4 Å². The molecule has 2 aromatic carbocycles. The molecule has 0 amide bonds. The van der Waals surface area contributed by atoms with Gasteiger partial charge in [0.05, 0.1) is 20.8 Å². The van der Waals surface area contributed by atoms with Crippen LogP contribution in [0.2, 0.25) is 0 Å². The first-order valence-electron chi connectivity index (χ1n) is 9.76. The molecule has 3 rings (SSSR count). The average Bonchev–Trinajstić information content (AvgIpc) is 2.73. The summed E-state index contributed by atoms with van der Waals surface area (Å²) in [5, 5.41) is 12.7. The predicted octanol–water partition coefficient (Wildman–Crippen LogP) is 3.15. The smallest absolute Gasteiger partial charge is 0.162 e. The van der Waals surface area contributed by atoms with Crippen LogP contribution in [0.25, 0.3) is 0 Å². The lowest BCUT2D eigenvalue weighted by molar-refractivity contribution is 0.189. The van der Waals surface area contributed by atoms with Crippen LogP contribution in [0.3, 0.4) is 0 Å². The van der Waals surface area contributed by atoms with Crippen molar-refractivity contribution in [1.82, 2.24) is 4.90 Å². The second kappa shape index (κ2) is 10.2. The zero-order valence-corrected chi connectivity index (χ0v) is 16.7. The van der Waals surface area contributed by atoms with Gasteiger partial charge in [-0.2, -0.15) is 0 Å². The average molecular weight is 386 g/mol. The van der Waals surface area contributed by atoms with E-state index in [1.807, 2.05) is 36.4 Å². The molecule has 2 aromatic rings. The third-order valence-corrected chi connectivity index (χ3v) is 4.98. The molecule has 1 aliphatic heterocycles. The first-order chi connectivity index (χ1) is 13.7. The number of likely N-dealkylation sites (tertiary alicyclic amines) is 1. The molecule has 6 nitrogen and oxygen atoms in total. The molecule has 0 saturated carbocycles. The van der Waals surface area contributed by atoms with Crippen LogP contribution in [0, 0.1) is 0 Å². The molecule has 6 heteroatoms. The van der Waals surface area contributed by atoms with Crippen LogP contribution < -0.4 is 19.5 Å². The molecule has 1 unspecified atom stereocenters. The topological polar surface area (TPSA) is 63.2 Å². The summed E-state index contributed by atoms with van der Waals surface area (Å²) < 4.78 is 16.4. The van der Waals surface area contributed by atoms with Crippen molar-refractivity contribution in [3.05, 3.63) is 48.0 Å².